The molecule has 0 spiro atoms. The second-order valence-corrected chi connectivity index (χ2v) is 4.56. The molecule has 0 aromatic heterocycles. The summed E-state index contributed by atoms with van der Waals surface area (Å²) in [6.07, 6.45) is -0.0239. The minimum Gasteiger partial charge on any atom is -0.507 e. The number of halogens is 1. The topological polar surface area (TPSA) is 69.6 Å². The quantitative estimate of drug-likeness (QED) is 0.772. The summed E-state index contributed by atoms with van der Waals surface area (Å²) in [5, 5.41) is 21.8. The summed E-state index contributed by atoms with van der Waals surface area (Å²) in [5.74, 6) is -0.536. The van der Waals surface area contributed by atoms with Crippen LogP contribution < -0.4 is 5.32 Å². The number of phenolic OH excluding ortho intramolecular Hbond substituents is 1. The highest BCUT2D eigenvalue weighted by Gasteiger charge is 2.14. The first-order valence-electron chi connectivity index (χ1n) is 5.37. The first-order valence-corrected chi connectivity index (χ1v) is 5.75. The van der Waals surface area contributed by atoms with E-state index in [4.69, 9.17) is 11.6 Å². The molecule has 0 saturated carbocycles. The number of phenols is 1. The second-order valence-electron chi connectivity index (χ2n) is 4.12. The maximum Gasteiger partial charge on any atom is 0.255 e. The Morgan fingerprint density at radius 2 is 2.12 bits per heavy atom. The van der Waals surface area contributed by atoms with Crippen molar-refractivity contribution >= 4 is 17.5 Å². The van der Waals surface area contributed by atoms with Gasteiger partial charge in [-0.1, -0.05) is 11.6 Å². The highest BCUT2D eigenvalue weighted by molar-refractivity contribution is 6.30. The van der Waals surface area contributed by atoms with Crippen LogP contribution in [0.3, 0.4) is 0 Å². The fourth-order valence-electron chi connectivity index (χ4n) is 1.57. The van der Waals surface area contributed by atoms with Crippen LogP contribution in [0.4, 0.5) is 0 Å². The molecular weight excluding hydrogens is 242 g/mol. The highest BCUT2D eigenvalue weighted by atomic mass is 35.5. The third kappa shape index (κ3) is 4.24. The molecule has 5 heteroatoms. The second kappa shape index (κ2) is 5.89. The van der Waals surface area contributed by atoms with E-state index in [1.807, 2.05) is 0 Å². The zero-order valence-electron chi connectivity index (χ0n) is 9.77. The number of aromatic hydroxyl groups is 1. The van der Waals surface area contributed by atoms with Gasteiger partial charge < -0.3 is 15.5 Å². The molecule has 0 aliphatic rings. The van der Waals surface area contributed by atoms with Gasteiger partial charge in [0, 0.05) is 11.1 Å². The lowest BCUT2D eigenvalue weighted by Gasteiger charge is -2.15. The standard InChI is InChI=1S/C12H16ClNO3/c1-7(5-8(2)15)14-12(17)10-4-3-9(13)6-11(10)16/h3-4,6-8,15-16H,5H2,1-2H3,(H,14,17). The number of hydrogen-bond donors (Lipinski definition) is 3. The van der Waals surface area contributed by atoms with E-state index < -0.39 is 6.10 Å². The van der Waals surface area contributed by atoms with E-state index in [0.717, 1.165) is 0 Å². The van der Waals surface area contributed by atoms with Crippen molar-refractivity contribution < 1.29 is 15.0 Å². The van der Waals surface area contributed by atoms with E-state index in [1.165, 1.54) is 18.2 Å². The summed E-state index contributed by atoms with van der Waals surface area (Å²) in [5.41, 5.74) is 0.173. The van der Waals surface area contributed by atoms with Crippen LogP contribution in [-0.4, -0.2) is 28.3 Å². The fraction of sp³-hybridized carbons (Fsp3) is 0.417. The Bertz CT molecular complexity index is 407. The number of carbonyl (C=O) groups excluding carboxylic acids is 1. The van der Waals surface area contributed by atoms with Gasteiger partial charge in [-0.05, 0) is 38.5 Å². The van der Waals surface area contributed by atoms with Gasteiger partial charge in [0.2, 0.25) is 0 Å². The summed E-state index contributed by atoms with van der Waals surface area (Å²) in [6.45, 7) is 3.44. The Kier molecular flexibility index (Phi) is 4.78. The molecule has 2 unspecified atom stereocenters. The van der Waals surface area contributed by atoms with Crippen molar-refractivity contribution in [3.63, 3.8) is 0 Å². The van der Waals surface area contributed by atoms with Crippen molar-refractivity contribution in [2.75, 3.05) is 0 Å². The molecule has 3 N–H and O–H groups in total. The number of amides is 1. The minimum absolute atomic E-state index is 0.153. The average molecular weight is 258 g/mol. The maximum absolute atomic E-state index is 11.8. The number of benzene rings is 1. The van der Waals surface area contributed by atoms with Gasteiger partial charge in [0.25, 0.3) is 5.91 Å². The van der Waals surface area contributed by atoms with Crippen LogP contribution in [-0.2, 0) is 0 Å². The largest absolute Gasteiger partial charge is 0.507 e. The lowest BCUT2D eigenvalue weighted by Crippen LogP contribution is -2.34. The molecule has 94 valence electrons. The number of rotatable bonds is 4. The zero-order valence-corrected chi connectivity index (χ0v) is 10.5. The van der Waals surface area contributed by atoms with Crippen LogP contribution in [0.25, 0.3) is 0 Å². The van der Waals surface area contributed by atoms with E-state index in [1.54, 1.807) is 13.8 Å². The molecular formula is C12H16ClNO3. The first-order chi connectivity index (χ1) is 7.90. The summed E-state index contributed by atoms with van der Waals surface area (Å²) in [7, 11) is 0. The fourth-order valence-corrected chi connectivity index (χ4v) is 1.74. The first kappa shape index (κ1) is 13.8. The molecule has 0 saturated heterocycles. The highest BCUT2D eigenvalue weighted by Crippen LogP contribution is 2.21. The van der Waals surface area contributed by atoms with Crippen molar-refractivity contribution in [2.45, 2.75) is 32.4 Å². The number of aliphatic hydroxyl groups is 1. The van der Waals surface area contributed by atoms with Crippen LogP contribution in [0.1, 0.15) is 30.6 Å². The van der Waals surface area contributed by atoms with Crippen molar-refractivity contribution in [1.29, 1.82) is 0 Å². The van der Waals surface area contributed by atoms with Gasteiger partial charge in [-0.25, -0.2) is 0 Å². The van der Waals surface area contributed by atoms with Gasteiger partial charge in [-0.3, -0.25) is 4.79 Å². The van der Waals surface area contributed by atoms with E-state index >= 15 is 0 Å². The van der Waals surface area contributed by atoms with Gasteiger partial charge in [0.1, 0.15) is 5.75 Å². The lowest BCUT2D eigenvalue weighted by molar-refractivity contribution is 0.0920. The molecule has 0 fully saturated rings. The Morgan fingerprint density at radius 3 is 2.65 bits per heavy atom. The molecule has 0 bridgehead atoms. The SMILES string of the molecule is CC(O)CC(C)NC(=O)c1ccc(Cl)cc1O. The molecule has 0 radical (unpaired) electrons. The predicted octanol–water partition coefficient (Wildman–Crippen LogP) is 1.93. The van der Waals surface area contributed by atoms with E-state index in [2.05, 4.69) is 5.32 Å². The van der Waals surface area contributed by atoms with Crippen LogP contribution in [0.2, 0.25) is 5.02 Å². The Hall–Kier alpha value is -1.26. The van der Waals surface area contributed by atoms with Crippen molar-refractivity contribution in [1.82, 2.24) is 5.32 Å². The third-order valence-electron chi connectivity index (χ3n) is 2.28. The smallest absolute Gasteiger partial charge is 0.255 e. The minimum atomic E-state index is -0.482. The maximum atomic E-state index is 11.8. The van der Waals surface area contributed by atoms with Gasteiger partial charge in [-0.2, -0.15) is 0 Å². The van der Waals surface area contributed by atoms with Crippen LogP contribution in [0.5, 0.6) is 5.75 Å². The molecule has 1 aromatic carbocycles. The number of hydrogen-bond acceptors (Lipinski definition) is 3. The van der Waals surface area contributed by atoms with E-state index in [-0.39, 0.29) is 23.3 Å². The van der Waals surface area contributed by atoms with Crippen molar-refractivity contribution in [2.24, 2.45) is 0 Å². The molecule has 0 heterocycles. The molecule has 2 atom stereocenters. The zero-order chi connectivity index (χ0) is 13.0. The normalized spacial score (nSPS) is 14.1. The number of carbonyl (C=O) groups is 1. The van der Waals surface area contributed by atoms with Gasteiger partial charge in [0.05, 0.1) is 11.7 Å². The van der Waals surface area contributed by atoms with E-state index in [9.17, 15) is 15.0 Å². The van der Waals surface area contributed by atoms with Crippen LogP contribution in [0.15, 0.2) is 18.2 Å². The van der Waals surface area contributed by atoms with Crippen LogP contribution in [0, 0.1) is 0 Å². The Morgan fingerprint density at radius 1 is 1.47 bits per heavy atom. The van der Waals surface area contributed by atoms with Crippen molar-refractivity contribution in [3.05, 3.63) is 28.8 Å². The Balaban J connectivity index is 2.70. The molecule has 1 rings (SSSR count). The number of aliphatic hydroxyl groups excluding tert-OH is 1. The Labute approximate surface area is 105 Å². The molecule has 0 aliphatic heterocycles. The average Bonchev–Trinajstić information content (AvgIpc) is 2.15. The predicted molar refractivity (Wildman–Crippen MR) is 66.3 cm³/mol. The van der Waals surface area contributed by atoms with Crippen LogP contribution >= 0.6 is 11.6 Å². The third-order valence-corrected chi connectivity index (χ3v) is 2.51. The monoisotopic (exact) mass is 257 g/mol. The molecule has 1 amide bonds. The summed E-state index contributed by atoms with van der Waals surface area (Å²) >= 11 is 5.67. The number of nitrogens with one attached hydrogen (secondary N) is 1. The molecule has 4 nitrogen and oxygen atoms in total. The van der Waals surface area contributed by atoms with Crippen molar-refractivity contribution in [3.8, 4) is 5.75 Å². The van der Waals surface area contributed by atoms with Gasteiger partial charge in [-0.15, -0.1) is 0 Å². The lowest BCUT2D eigenvalue weighted by atomic mass is 10.1. The molecule has 0 aliphatic carbocycles. The summed E-state index contributed by atoms with van der Waals surface area (Å²) in [6, 6.07) is 4.14. The molecule has 17 heavy (non-hydrogen) atoms. The van der Waals surface area contributed by atoms with E-state index in [0.29, 0.717) is 11.4 Å². The molecule has 1 aromatic rings. The van der Waals surface area contributed by atoms with Gasteiger partial charge in [0.15, 0.2) is 0 Å². The van der Waals surface area contributed by atoms with Gasteiger partial charge >= 0.3 is 0 Å². The summed E-state index contributed by atoms with van der Waals surface area (Å²) in [4.78, 5) is 11.8. The summed E-state index contributed by atoms with van der Waals surface area (Å²) < 4.78 is 0.